The average Bonchev–Trinajstić information content (AvgIpc) is 1.97. The van der Waals surface area contributed by atoms with Gasteiger partial charge in [-0.25, -0.2) is 0 Å². The van der Waals surface area contributed by atoms with Crippen molar-refractivity contribution in [1.29, 1.82) is 0 Å². The number of carbonyl (C=O) groups excluding carboxylic acids is 1. The molecule has 0 unspecified atom stereocenters. The first kappa shape index (κ1) is 15.8. The number of rotatable bonds is 4. The van der Waals surface area contributed by atoms with Crippen molar-refractivity contribution in [2.75, 3.05) is 0 Å². The molecule has 1 atom stereocenters. The second kappa shape index (κ2) is 5.98. The van der Waals surface area contributed by atoms with Crippen LogP contribution in [0.4, 0.5) is 0 Å². The summed E-state index contributed by atoms with van der Waals surface area (Å²) in [5.74, 6) is -1.01. The first-order valence-corrected chi connectivity index (χ1v) is 4.27. The molecule has 14 heavy (non-hydrogen) atoms. The molecule has 5 heteroatoms. The maximum atomic E-state index is 11.3. The summed E-state index contributed by atoms with van der Waals surface area (Å²) in [6.07, 6.45) is 0.447. The van der Waals surface area contributed by atoms with E-state index in [1.54, 1.807) is 0 Å². The SMILES string of the molecule is CC(C)(C)C(=O)CC[C@H](N)C(=O)O.Cl. The van der Waals surface area contributed by atoms with Gasteiger partial charge in [-0.1, -0.05) is 20.8 Å². The topological polar surface area (TPSA) is 80.4 Å². The second-order valence-corrected chi connectivity index (χ2v) is 4.16. The number of carboxylic acids is 1. The Morgan fingerprint density at radius 3 is 2.07 bits per heavy atom. The Kier molecular flexibility index (Phi) is 6.77. The molecular weight excluding hydrogens is 206 g/mol. The zero-order chi connectivity index (χ0) is 10.6. The molecule has 0 fully saturated rings. The van der Waals surface area contributed by atoms with Gasteiger partial charge in [0.2, 0.25) is 0 Å². The van der Waals surface area contributed by atoms with Crippen LogP contribution in [0, 0.1) is 5.41 Å². The van der Waals surface area contributed by atoms with Gasteiger partial charge in [-0.15, -0.1) is 12.4 Å². The zero-order valence-corrected chi connectivity index (χ0v) is 9.56. The Bertz CT molecular complexity index is 211. The highest BCUT2D eigenvalue weighted by molar-refractivity contribution is 5.85. The lowest BCUT2D eigenvalue weighted by atomic mass is 9.87. The van der Waals surface area contributed by atoms with E-state index in [4.69, 9.17) is 10.8 Å². The van der Waals surface area contributed by atoms with E-state index in [1.807, 2.05) is 20.8 Å². The van der Waals surface area contributed by atoms with Crippen LogP contribution in [-0.4, -0.2) is 22.9 Å². The molecule has 0 saturated carbocycles. The summed E-state index contributed by atoms with van der Waals surface area (Å²) in [5, 5.41) is 8.46. The normalized spacial score (nSPS) is 12.9. The minimum Gasteiger partial charge on any atom is -0.480 e. The van der Waals surface area contributed by atoms with Gasteiger partial charge in [0.1, 0.15) is 11.8 Å². The van der Waals surface area contributed by atoms with Gasteiger partial charge in [-0.2, -0.15) is 0 Å². The predicted octanol–water partition coefficient (Wildman–Crippen LogP) is 1.22. The van der Waals surface area contributed by atoms with E-state index >= 15 is 0 Å². The van der Waals surface area contributed by atoms with Crippen LogP contribution >= 0.6 is 12.4 Å². The number of ketones is 1. The van der Waals surface area contributed by atoms with E-state index in [0.717, 1.165) is 0 Å². The summed E-state index contributed by atoms with van der Waals surface area (Å²) in [4.78, 5) is 21.7. The van der Waals surface area contributed by atoms with E-state index in [2.05, 4.69) is 0 Å². The largest absolute Gasteiger partial charge is 0.480 e. The smallest absolute Gasteiger partial charge is 0.320 e. The average molecular weight is 224 g/mol. The molecule has 0 rings (SSSR count). The monoisotopic (exact) mass is 223 g/mol. The Labute approximate surface area is 90.3 Å². The number of carbonyl (C=O) groups is 2. The lowest BCUT2D eigenvalue weighted by Gasteiger charge is -2.16. The standard InChI is InChI=1S/C9H17NO3.ClH/c1-9(2,3)7(11)5-4-6(10)8(12)13;/h6H,4-5,10H2,1-3H3,(H,12,13);1H/t6-;/m0./s1. The third-order valence-corrected chi connectivity index (χ3v) is 1.84. The van der Waals surface area contributed by atoms with Crippen molar-refractivity contribution >= 4 is 24.2 Å². The van der Waals surface area contributed by atoms with Gasteiger partial charge in [0, 0.05) is 11.8 Å². The predicted molar refractivity (Wildman–Crippen MR) is 56.6 cm³/mol. The van der Waals surface area contributed by atoms with Gasteiger partial charge in [0.05, 0.1) is 0 Å². The Morgan fingerprint density at radius 1 is 1.36 bits per heavy atom. The van der Waals surface area contributed by atoms with E-state index < -0.39 is 17.4 Å². The quantitative estimate of drug-likeness (QED) is 0.751. The summed E-state index contributed by atoms with van der Waals surface area (Å²) in [7, 11) is 0. The fourth-order valence-corrected chi connectivity index (χ4v) is 0.785. The molecule has 0 aromatic heterocycles. The minimum atomic E-state index is -1.05. The summed E-state index contributed by atoms with van der Waals surface area (Å²) >= 11 is 0. The fraction of sp³-hybridized carbons (Fsp3) is 0.778. The maximum absolute atomic E-state index is 11.3. The number of Topliss-reactive ketones (excluding diaryl/α,β-unsaturated/α-hetero) is 1. The third-order valence-electron chi connectivity index (χ3n) is 1.84. The molecule has 0 bridgehead atoms. The first-order valence-electron chi connectivity index (χ1n) is 4.27. The van der Waals surface area contributed by atoms with Crippen LogP contribution in [0.1, 0.15) is 33.6 Å². The molecule has 84 valence electrons. The minimum absolute atomic E-state index is 0. The molecule has 0 aromatic rings. The van der Waals surface area contributed by atoms with Gasteiger partial charge in [0.25, 0.3) is 0 Å². The van der Waals surface area contributed by atoms with Crippen molar-refractivity contribution in [3.05, 3.63) is 0 Å². The number of hydrogen-bond donors (Lipinski definition) is 2. The molecule has 0 aliphatic carbocycles. The van der Waals surface area contributed by atoms with Gasteiger partial charge in [0.15, 0.2) is 0 Å². The third kappa shape index (κ3) is 5.94. The highest BCUT2D eigenvalue weighted by Crippen LogP contribution is 2.17. The van der Waals surface area contributed by atoms with Crippen LogP contribution in [0.5, 0.6) is 0 Å². The summed E-state index contributed by atoms with van der Waals surface area (Å²) < 4.78 is 0. The highest BCUT2D eigenvalue weighted by Gasteiger charge is 2.22. The van der Waals surface area contributed by atoms with Gasteiger partial charge >= 0.3 is 5.97 Å². The van der Waals surface area contributed by atoms with Crippen molar-refractivity contribution < 1.29 is 14.7 Å². The van der Waals surface area contributed by atoms with Crippen molar-refractivity contribution in [2.45, 2.75) is 39.7 Å². The van der Waals surface area contributed by atoms with E-state index in [-0.39, 0.29) is 31.0 Å². The number of carboxylic acid groups (broad SMARTS) is 1. The highest BCUT2D eigenvalue weighted by atomic mass is 35.5. The fourth-order valence-electron chi connectivity index (χ4n) is 0.785. The zero-order valence-electron chi connectivity index (χ0n) is 8.74. The molecule has 0 aliphatic rings. The van der Waals surface area contributed by atoms with E-state index in [0.29, 0.717) is 0 Å². The number of halogens is 1. The summed E-state index contributed by atoms with van der Waals surface area (Å²) in [6.45, 7) is 5.42. The molecule has 0 spiro atoms. The van der Waals surface area contributed by atoms with Crippen LogP contribution in [-0.2, 0) is 9.59 Å². The van der Waals surface area contributed by atoms with Gasteiger partial charge in [-0.05, 0) is 6.42 Å². The number of aliphatic carboxylic acids is 1. The Morgan fingerprint density at radius 2 is 1.79 bits per heavy atom. The molecule has 3 N–H and O–H groups in total. The molecular formula is C9H18ClNO3. The molecule has 4 nitrogen and oxygen atoms in total. The van der Waals surface area contributed by atoms with Crippen molar-refractivity contribution in [1.82, 2.24) is 0 Å². The number of nitrogens with two attached hydrogens (primary N) is 1. The van der Waals surface area contributed by atoms with Gasteiger partial charge < -0.3 is 10.8 Å². The summed E-state index contributed by atoms with van der Waals surface area (Å²) in [5.41, 5.74) is 4.85. The molecule has 0 aromatic carbocycles. The van der Waals surface area contributed by atoms with Gasteiger partial charge in [-0.3, -0.25) is 9.59 Å². The van der Waals surface area contributed by atoms with E-state index in [1.165, 1.54) is 0 Å². The first-order chi connectivity index (χ1) is 5.75. The lowest BCUT2D eigenvalue weighted by Crippen LogP contribution is -2.32. The van der Waals surface area contributed by atoms with Crippen LogP contribution < -0.4 is 5.73 Å². The maximum Gasteiger partial charge on any atom is 0.320 e. The van der Waals surface area contributed by atoms with E-state index in [9.17, 15) is 9.59 Å². The van der Waals surface area contributed by atoms with Crippen LogP contribution in [0.3, 0.4) is 0 Å². The molecule has 0 aliphatic heterocycles. The van der Waals surface area contributed by atoms with Crippen molar-refractivity contribution in [3.8, 4) is 0 Å². The van der Waals surface area contributed by atoms with Crippen molar-refractivity contribution in [3.63, 3.8) is 0 Å². The Balaban J connectivity index is 0. The van der Waals surface area contributed by atoms with Crippen LogP contribution in [0.2, 0.25) is 0 Å². The lowest BCUT2D eigenvalue weighted by molar-refractivity contribution is -0.138. The molecule has 0 radical (unpaired) electrons. The van der Waals surface area contributed by atoms with Crippen LogP contribution in [0.15, 0.2) is 0 Å². The van der Waals surface area contributed by atoms with Crippen LogP contribution in [0.25, 0.3) is 0 Å². The molecule has 0 heterocycles. The molecule has 0 amide bonds. The molecule has 0 saturated heterocycles. The summed E-state index contributed by atoms with van der Waals surface area (Å²) in [6, 6.07) is -0.925. The Hall–Kier alpha value is -0.610. The van der Waals surface area contributed by atoms with Crippen molar-refractivity contribution in [2.24, 2.45) is 11.1 Å². The second-order valence-electron chi connectivity index (χ2n) is 4.16. The number of hydrogen-bond acceptors (Lipinski definition) is 3.